The molecule has 0 saturated carbocycles. The third-order valence-corrected chi connectivity index (χ3v) is 2.06. The van der Waals surface area contributed by atoms with Crippen LogP contribution in [0.4, 0.5) is 11.8 Å². The van der Waals surface area contributed by atoms with Gasteiger partial charge in [-0.15, -0.1) is 5.10 Å². The molecule has 0 bridgehead atoms. The third kappa shape index (κ3) is 6.01. The van der Waals surface area contributed by atoms with E-state index in [1.165, 1.54) is 0 Å². The predicted octanol–water partition coefficient (Wildman–Crippen LogP) is 1.06. The summed E-state index contributed by atoms with van der Waals surface area (Å²) in [5.74, 6) is 1.33. The zero-order chi connectivity index (χ0) is 12.7. The highest BCUT2D eigenvalue weighted by atomic mass is 15.3. The largest absolute Gasteiger partial charge is 0.369 e. The van der Waals surface area contributed by atoms with Crippen LogP contribution >= 0.6 is 0 Å². The zero-order valence-electron chi connectivity index (χ0n) is 11.1. The molecule has 2 N–H and O–H groups in total. The molecule has 0 unspecified atom stereocenters. The number of nitrogens with one attached hydrogen (secondary N) is 2. The van der Waals surface area contributed by atoms with Crippen molar-refractivity contribution in [2.75, 3.05) is 37.8 Å². The summed E-state index contributed by atoms with van der Waals surface area (Å²) in [6, 6.07) is 0.306. The summed E-state index contributed by atoms with van der Waals surface area (Å²) >= 11 is 0. The van der Waals surface area contributed by atoms with E-state index in [9.17, 15) is 0 Å². The minimum atomic E-state index is 0.306. The molecule has 1 aromatic heterocycles. The van der Waals surface area contributed by atoms with Crippen molar-refractivity contribution in [3.63, 3.8) is 0 Å². The molecular formula is C11H22N6. The van der Waals surface area contributed by atoms with E-state index in [0.29, 0.717) is 12.0 Å². The van der Waals surface area contributed by atoms with Gasteiger partial charge in [0.1, 0.15) is 0 Å². The predicted molar refractivity (Wildman–Crippen MR) is 70.2 cm³/mol. The van der Waals surface area contributed by atoms with E-state index in [0.717, 1.165) is 25.3 Å². The van der Waals surface area contributed by atoms with Crippen molar-refractivity contribution >= 4 is 11.8 Å². The Labute approximate surface area is 103 Å². The lowest BCUT2D eigenvalue weighted by molar-refractivity contribution is 0.405. The summed E-state index contributed by atoms with van der Waals surface area (Å²) in [6.45, 7) is 6.03. The molecule has 1 aromatic rings. The molecule has 0 fully saturated rings. The molecule has 6 nitrogen and oxygen atoms in total. The van der Waals surface area contributed by atoms with E-state index in [-0.39, 0.29) is 0 Å². The summed E-state index contributed by atoms with van der Waals surface area (Å²) < 4.78 is 0. The van der Waals surface area contributed by atoms with Gasteiger partial charge in [-0.05, 0) is 40.9 Å². The van der Waals surface area contributed by atoms with Crippen LogP contribution < -0.4 is 10.6 Å². The average molecular weight is 238 g/mol. The summed E-state index contributed by atoms with van der Waals surface area (Å²) in [4.78, 5) is 6.48. The molecule has 0 aliphatic carbocycles. The van der Waals surface area contributed by atoms with E-state index >= 15 is 0 Å². The summed E-state index contributed by atoms with van der Waals surface area (Å²) in [5, 5.41) is 14.2. The molecule has 0 aliphatic rings. The Kier molecular flexibility index (Phi) is 5.62. The quantitative estimate of drug-likeness (QED) is 0.692. The zero-order valence-corrected chi connectivity index (χ0v) is 11.1. The average Bonchev–Trinajstić information content (AvgIpc) is 2.24. The van der Waals surface area contributed by atoms with Crippen LogP contribution in [0.15, 0.2) is 6.20 Å². The van der Waals surface area contributed by atoms with Crippen LogP contribution in [0.25, 0.3) is 0 Å². The lowest BCUT2D eigenvalue weighted by atomic mass is 10.4. The summed E-state index contributed by atoms with van der Waals surface area (Å²) in [5.41, 5.74) is 0. The van der Waals surface area contributed by atoms with Gasteiger partial charge >= 0.3 is 0 Å². The maximum atomic E-state index is 4.32. The van der Waals surface area contributed by atoms with Gasteiger partial charge in [-0.2, -0.15) is 10.1 Å². The number of hydrogen-bond donors (Lipinski definition) is 2. The summed E-state index contributed by atoms with van der Waals surface area (Å²) in [7, 11) is 4.13. The van der Waals surface area contributed by atoms with Crippen molar-refractivity contribution in [2.24, 2.45) is 0 Å². The molecule has 0 atom stereocenters. The molecule has 0 radical (unpaired) electrons. The lowest BCUT2D eigenvalue weighted by Gasteiger charge is -2.11. The molecule has 1 heterocycles. The Morgan fingerprint density at radius 1 is 1.35 bits per heavy atom. The molecule has 0 aliphatic heterocycles. The van der Waals surface area contributed by atoms with Gasteiger partial charge in [-0.3, -0.25) is 0 Å². The van der Waals surface area contributed by atoms with Gasteiger partial charge in [0.05, 0.1) is 6.20 Å². The van der Waals surface area contributed by atoms with E-state index < -0.39 is 0 Å². The molecule has 17 heavy (non-hydrogen) atoms. The minimum absolute atomic E-state index is 0.306. The Bertz CT molecular complexity index is 325. The normalized spacial score (nSPS) is 10.9. The second kappa shape index (κ2) is 7.01. The number of anilines is 2. The minimum Gasteiger partial charge on any atom is -0.369 e. The van der Waals surface area contributed by atoms with Crippen LogP contribution in [0.2, 0.25) is 0 Å². The molecule has 0 spiro atoms. The molecule has 1 rings (SSSR count). The summed E-state index contributed by atoms with van der Waals surface area (Å²) in [6.07, 6.45) is 2.71. The smallest absolute Gasteiger partial charge is 0.244 e. The van der Waals surface area contributed by atoms with Crippen LogP contribution in [0, 0.1) is 0 Å². The standard InChI is InChI=1S/C11H22N6/c1-9(2)14-11-15-10(8-13-16-11)12-6-5-7-17(3)4/h8-9H,5-7H2,1-4H3,(H2,12,14,15,16). The first kappa shape index (κ1) is 13.6. The van der Waals surface area contributed by atoms with Crippen LogP contribution in [0.3, 0.4) is 0 Å². The van der Waals surface area contributed by atoms with Crippen molar-refractivity contribution in [3.05, 3.63) is 6.20 Å². The van der Waals surface area contributed by atoms with Gasteiger partial charge in [0.15, 0.2) is 5.82 Å². The van der Waals surface area contributed by atoms with Gasteiger partial charge in [-0.1, -0.05) is 0 Å². The SMILES string of the molecule is CC(C)Nc1nncc(NCCCN(C)C)n1. The molecule has 6 heteroatoms. The molecule has 0 aromatic carbocycles. The first-order chi connectivity index (χ1) is 8.08. The maximum absolute atomic E-state index is 4.32. The maximum Gasteiger partial charge on any atom is 0.244 e. The van der Waals surface area contributed by atoms with Crippen LogP contribution in [0.1, 0.15) is 20.3 Å². The Morgan fingerprint density at radius 3 is 2.76 bits per heavy atom. The topological polar surface area (TPSA) is 66.0 Å². The highest BCUT2D eigenvalue weighted by molar-refractivity contribution is 5.37. The van der Waals surface area contributed by atoms with E-state index in [1.54, 1.807) is 6.20 Å². The van der Waals surface area contributed by atoms with Crippen molar-refractivity contribution < 1.29 is 0 Å². The second-order valence-corrected chi connectivity index (χ2v) is 4.55. The third-order valence-electron chi connectivity index (χ3n) is 2.06. The number of rotatable bonds is 7. The highest BCUT2D eigenvalue weighted by Gasteiger charge is 2.01. The molecule has 0 amide bonds. The van der Waals surface area contributed by atoms with Gasteiger partial charge in [0.2, 0.25) is 5.95 Å². The first-order valence-electron chi connectivity index (χ1n) is 5.93. The van der Waals surface area contributed by atoms with Crippen LogP contribution in [0.5, 0.6) is 0 Å². The number of hydrogen-bond acceptors (Lipinski definition) is 6. The second-order valence-electron chi connectivity index (χ2n) is 4.55. The molecular weight excluding hydrogens is 216 g/mol. The Balaban J connectivity index is 2.37. The van der Waals surface area contributed by atoms with Gasteiger partial charge < -0.3 is 15.5 Å². The van der Waals surface area contributed by atoms with Crippen molar-refractivity contribution in [2.45, 2.75) is 26.3 Å². The van der Waals surface area contributed by atoms with E-state index in [4.69, 9.17) is 0 Å². The van der Waals surface area contributed by atoms with Crippen molar-refractivity contribution in [1.29, 1.82) is 0 Å². The molecule has 96 valence electrons. The van der Waals surface area contributed by atoms with Crippen LogP contribution in [-0.4, -0.2) is 53.3 Å². The van der Waals surface area contributed by atoms with Crippen molar-refractivity contribution in [3.8, 4) is 0 Å². The Hall–Kier alpha value is -1.43. The fourth-order valence-electron chi connectivity index (χ4n) is 1.32. The Morgan fingerprint density at radius 2 is 2.12 bits per heavy atom. The van der Waals surface area contributed by atoms with Gasteiger partial charge in [-0.25, -0.2) is 0 Å². The van der Waals surface area contributed by atoms with Crippen molar-refractivity contribution in [1.82, 2.24) is 20.1 Å². The number of aromatic nitrogens is 3. The molecule has 0 saturated heterocycles. The highest BCUT2D eigenvalue weighted by Crippen LogP contribution is 2.04. The van der Waals surface area contributed by atoms with E-state index in [2.05, 4.69) is 44.8 Å². The fraction of sp³-hybridized carbons (Fsp3) is 0.727. The first-order valence-corrected chi connectivity index (χ1v) is 5.93. The fourth-order valence-corrected chi connectivity index (χ4v) is 1.32. The number of nitrogens with zero attached hydrogens (tertiary/aromatic N) is 4. The van der Waals surface area contributed by atoms with E-state index in [1.807, 2.05) is 13.8 Å². The monoisotopic (exact) mass is 238 g/mol. The van der Waals surface area contributed by atoms with Gasteiger partial charge in [0, 0.05) is 12.6 Å². The lowest BCUT2D eigenvalue weighted by Crippen LogP contribution is -2.17. The van der Waals surface area contributed by atoms with Crippen LogP contribution in [-0.2, 0) is 0 Å². The van der Waals surface area contributed by atoms with Gasteiger partial charge in [0.25, 0.3) is 0 Å².